The molecule has 0 atom stereocenters. The smallest absolute Gasteiger partial charge is 0.269 e. The number of hydrogen-bond acceptors (Lipinski definition) is 5. The zero-order chi connectivity index (χ0) is 23.2. The van der Waals surface area contributed by atoms with Crippen molar-refractivity contribution in [2.45, 2.75) is 0 Å². The first kappa shape index (κ1) is 21.5. The minimum atomic E-state index is -0.504. The van der Waals surface area contributed by atoms with Gasteiger partial charge in [0.15, 0.2) is 12.4 Å². The fraction of sp³-hybridized carbons (Fsp3) is 0. The number of nitro benzene ring substituents is 1. The van der Waals surface area contributed by atoms with Crippen LogP contribution < -0.4 is 14.6 Å². The van der Waals surface area contributed by atoms with Crippen molar-refractivity contribution < 1.29 is 19.1 Å². The van der Waals surface area contributed by atoms with Gasteiger partial charge in [0, 0.05) is 48.4 Å². The molecule has 0 saturated carbocycles. The largest absolute Gasteiger partial charge is 0.871 e. The summed E-state index contributed by atoms with van der Waals surface area (Å²) in [5.41, 5.74) is 1.89. The fourth-order valence-corrected chi connectivity index (χ4v) is 3.20. The Hall–Kier alpha value is -4.78. The maximum atomic E-state index is 12.4. The van der Waals surface area contributed by atoms with Crippen molar-refractivity contribution >= 4 is 22.8 Å². The number of nitrogens with zero attached hydrogens (tertiary/aromatic N) is 3. The molecule has 0 fully saturated rings. The Balaban J connectivity index is 1.49. The first-order valence-electron chi connectivity index (χ1n) is 10.1. The van der Waals surface area contributed by atoms with Crippen LogP contribution in [0.4, 0.5) is 5.69 Å². The molecule has 7 heteroatoms. The highest BCUT2D eigenvalue weighted by Gasteiger charge is 2.10. The number of pyridine rings is 1. The molecule has 0 radical (unpaired) electrons. The van der Waals surface area contributed by atoms with Crippen molar-refractivity contribution in [1.29, 1.82) is 0 Å². The van der Waals surface area contributed by atoms with Gasteiger partial charge in [0.1, 0.15) is 0 Å². The van der Waals surface area contributed by atoms with Gasteiger partial charge in [-0.05, 0) is 40.6 Å². The van der Waals surface area contributed by atoms with E-state index in [9.17, 15) is 20.0 Å². The van der Waals surface area contributed by atoms with Gasteiger partial charge in [-0.3, -0.25) is 14.9 Å². The number of carbonyl (C=O) groups is 1. The van der Waals surface area contributed by atoms with Gasteiger partial charge in [0.05, 0.1) is 4.92 Å². The second kappa shape index (κ2) is 9.57. The minimum Gasteiger partial charge on any atom is -0.871 e. The van der Waals surface area contributed by atoms with Crippen LogP contribution in [0.25, 0.3) is 11.3 Å². The summed E-state index contributed by atoms with van der Waals surface area (Å²) in [6.07, 6.45) is 13.9. The molecule has 1 aliphatic heterocycles. The molecule has 4 rings (SSSR count). The fourth-order valence-electron chi connectivity index (χ4n) is 3.20. The van der Waals surface area contributed by atoms with Crippen molar-refractivity contribution in [2.75, 3.05) is 0 Å². The van der Waals surface area contributed by atoms with Crippen molar-refractivity contribution in [3.05, 3.63) is 143 Å². The lowest BCUT2D eigenvalue weighted by Gasteiger charge is -2.19. The molecule has 2 aromatic carbocycles. The van der Waals surface area contributed by atoms with Crippen LogP contribution in [0, 0.1) is 16.3 Å². The first-order chi connectivity index (χ1) is 16.0. The highest BCUT2D eigenvalue weighted by molar-refractivity contribution is 6.00. The summed E-state index contributed by atoms with van der Waals surface area (Å²) in [6, 6.07) is 18.3. The van der Waals surface area contributed by atoms with E-state index in [4.69, 9.17) is 0 Å². The zero-order valence-corrected chi connectivity index (χ0v) is 17.4. The molecular weight excluding hydrogens is 418 g/mol. The van der Waals surface area contributed by atoms with Gasteiger partial charge in [-0.25, -0.2) is 0 Å². The summed E-state index contributed by atoms with van der Waals surface area (Å²) in [7, 11) is 0. The van der Waals surface area contributed by atoms with E-state index in [1.54, 1.807) is 33.7 Å². The summed E-state index contributed by atoms with van der Waals surface area (Å²) in [5.74, 6) is -0.343. The summed E-state index contributed by atoms with van der Waals surface area (Å²) in [5, 5.41) is 24.0. The maximum Gasteiger partial charge on any atom is 0.269 e. The normalized spacial score (nSPS) is 13.2. The second-order valence-electron chi connectivity index (χ2n) is 7.22. The lowest BCUT2D eigenvalue weighted by atomic mass is 10.1. The Labute approximate surface area is 189 Å². The number of Topliss-reactive ketones (excluding diaryl/α,β-unsaturated/α-hetero) is 1. The molecule has 0 spiro atoms. The van der Waals surface area contributed by atoms with E-state index in [-0.39, 0.29) is 17.2 Å². The highest BCUT2D eigenvalue weighted by atomic mass is 16.6. The topological polar surface area (TPSA) is 92.4 Å². The number of benzene rings is 2. The van der Waals surface area contributed by atoms with Crippen LogP contribution in [0.1, 0.15) is 15.9 Å². The van der Waals surface area contributed by atoms with E-state index in [0.717, 1.165) is 10.8 Å². The minimum absolute atomic E-state index is 0.0604. The van der Waals surface area contributed by atoms with Gasteiger partial charge in [-0.1, -0.05) is 36.1 Å². The number of allylic oxidation sites excluding steroid dienone is 2. The van der Waals surface area contributed by atoms with E-state index in [1.807, 2.05) is 54.9 Å². The summed E-state index contributed by atoms with van der Waals surface area (Å²) < 4.78 is 1.63. The summed E-state index contributed by atoms with van der Waals surface area (Å²) in [4.78, 5) is 24.3. The van der Waals surface area contributed by atoms with Gasteiger partial charge in [0.25, 0.3) is 5.69 Å². The van der Waals surface area contributed by atoms with E-state index in [1.165, 1.54) is 36.7 Å². The second-order valence-corrected chi connectivity index (χ2v) is 7.22. The lowest BCUT2D eigenvalue weighted by molar-refractivity contribution is -0.505. The van der Waals surface area contributed by atoms with Crippen molar-refractivity contribution in [1.82, 2.24) is 4.90 Å². The summed E-state index contributed by atoms with van der Waals surface area (Å²) in [6.45, 7) is 0. The van der Waals surface area contributed by atoms with Crippen LogP contribution >= 0.6 is 0 Å². The van der Waals surface area contributed by atoms with Crippen LogP contribution in [0.15, 0.2) is 110 Å². The molecule has 0 unspecified atom stereocenters. The number of carbonyl (C=O) groups excluding carboxylic acids is 1. The predicted molar refractivity (Wildman–Crippen MR) is 121 cm³/mol. The molecule has 1 aliphatic rings. The third kappa shape index (κ3) is 5.29. The molecule has 33 heavy (non-hydrogen) atoms. The molecule has 3 aromatic rings. The lowest BCUT2D eigenvalue weighted by Crippen LogP contribution is -2.22. The molecule has 0 aliphatic carbocycles. The molecule has 2 heterocycles. The average molecular weight is 437 g/mol. The SMILES string of the molecule is O=C(C=[n+]1ccc(=C2C=CN(/C=C(/[O-])c3ccccc3)C=C2)cc1)c1ccc([N+](=O)[O-])cc1. The third-order valence-corrected chi connectivity index (χ3v) is 4.99. The number of aromatic nitrogens is 1. The molecular formula is C26H19N3O4. The van der Waals surface area contributed by atoms with Crippen molar-refractivity contribution in [2.24, 2.45) is 0 Å². The summed E-state index contributed by atoms with van der Waals surface area (Å²) >= 11 is 0. The standard InChI is InChI=1S/C26H19N3O4/c30-25(22-4-2-1-3-5-22)18-27-14-10-20(11-15-27)21-12-16-28(17-13-21)19-26(31)23-6-8-24(9-7-23)29(32)33/h1-19H/b25-18+. The van der Waals surface area contributed by atoms with Crippen LogP contribution in [0.3, 0.4) is 0 Å². The molecule has 0 saturated heterocycles. The van der Waals surface area contributed by atoms with E-state index < -0.39 is 4.92 Å². The monoisotopic (exact) mass is 437 g/mol. The number of nitro groups is 1. The highest BCUT2D eigenvalue weighted by Crippen LogP contribution is 2.14. The van der Waals surface area contributed by atoms with E-state index in [0.29, 0.717) is 11.1 Å². The average Bonchev–Trinajstić information content (AvgIpc) is 2.85. The molecule has 1 aromatic heterocycles. The quantitative estimate of drug-likeness (QED) is 0.201. The Morgan fingerprint density at radius 3 is 2.12 bits per heavy atom. The Morgan fingerprint density at radius 2 is 1.52 bits per heavy atom. The molecule has 7 nitrogen and oxygen atoms in total. The van der Waals surface area contributed by atoms with Crippen molar-refractivity contribution in [3.63, 3.8) is 0 Å². The number of ketones is 1. The maximum absolute atomic E-state index is 12.4. The van der Waals surface area contributed by atoms with Gasteiger partial charge in [-0.2, -0.15) is 4.24 Å². The molecule has 0 amide bonds. The first-order valence-corrected chi connectivity index (χ1v) is 10.1. The van der Waals surface area contributed by atoms with Gasteiger partial charge < -0.3 is 10.0 Å². The van der Waals surface area contributed by atoms with Gasteiger partial charge in [0.2, 0.25) is 12.0 Å². The molecule has 0 N–H and O–H groups in total. The number of rotatable bonds is 5. The Morgan fingerprint density at radius 1 is 0.879 bits per heavy atom. The predicted octanol–water partition coefficient (Wildman–Crippen LogP) is 2.63. The van der Waals surface area contributed by atoms with Crippen LogP contribution in [-0.2, 0) is 0 Å². The van der Waals surface area contributed by atoms with Gasteiger partial charge in [-0.15, -0.1) is 0 Å². The zero-order valence-electron chi connectivity index (χ0n) is 17.4. The van der Waals surface area contributed by atoms with Crippen LogP contribution in [-0.4, -0.2) is 15.6 Å². The number of hydrogen-bond donors (Lipinski definition) is 0. The molecule has 162 valence electrons. The number of non-ortho nitro benzene ring substituents is 1. The van der Waals surface area contributed by atoms with E-state index in [2.05, 4.69) is 0 Å². The van der Waals surface area contributed by atoms with Crippen molar-refractivity contribution in [3.8, 4) is 0 Å². The van der Waals surface area contributed by atoms with Crippen LogP contribution in [0.2, 0.25) is 0 Å². The Kier molecular flexibility index (Phi) is 6.22. The Bertz CT molecular complexity index is 1370. The third-order valence-electron chi connectivity index (χ3n) is 4.99. The molecule has 0 bridgehead atoms. The van der Waals surface area contributed by atoms with Gasteiger partial charge >= 0.3 is 0 Å². The van der Waals surface area contributed by atoms with E-state index >= 15 is 0 Å². The van der Waals surface area contributed by atoms with Crippen LogP contribution in [0.5, 0.6) is 0 Å².